The van der Waals surface area contributed by atoms with Gasteiger partial charge in [-0.3, -0.25) is 4.79 Å². The maximum absolute atomic E-state index is 11.3. The molecule has 1 saturated carbocycles. The summed E-state index contributed by atoms with van der Waals surface area (Å²) in [5.41, 5.74) is 0.715. The van der Waals surface area contributed by atoms with E-state index in [1.54, 1.807) is 7.11 Å². The molecule has 0 heterocycles. The number of rotatable bonds is 4. The average molecular weight is 248 g/mol. The number of hydrogen-bond acceptors (Lipinski definition) is 2. The van der Waals surface area contributed by atoms with Crippen molar-refractivity contribution < 1.29 is 14.6 Å². The molecule has 0 aliphatic heterocycles. The Labute approximate surface area is 108 Å². The van der Waals surface area contributed by atoms with Crippen LogP contribution in [0.4, 0.5) is 0 Å². The van der Waals surface area contributed by atoms with Crippen LogP contribution in [-0.4, -0.2) is 18.2 Å². The fourth-order valence-electron chi connectivity index (χ4n) is 3.23. The summed E-state index contributed by atoms with van der Waals surface area (Å²) in [5.74, 6) is -0.141. The fraction of sp³-hybridized carbons (Fsp3) is 0.533. The van der Waals surface area contributed by atoms with Crippen molar-refractivity contribution in [3.8, 4) is 5.75 Å². The summed E-state index contributed by atoms with van der Waals surface area (Å²) < 4.78 is 5.34. The van der Waals surface area contributed by atoms with Crippen molar-refractivity contribution in [2.75, 3.05) is 7.11 Å². The molecule has 98 valence electrons. The Morgan fingerprint density at radius 2 is 1.94 bits per heavy atom. The van der Waals surface area contributed by atoms with Gasteiger partial charge < -0.3 is 9.84 Å². The topological polar surface area (TPSA) is 46.5 Å². The Balaban J connectivity index is 2.27. The van der Waals surface area contributed by atoms with Crippen LogP contribution in [0.1, 0.15) is 26.3 Å². The number of hydrogen-bond donors (Lipinski definition) is 1. The molecule has 2 unspecified atom stereocenters. The number of para-hydroxylation sites is 1. The first kappa shape index (κ1) is 12.9. The third kappa shape index (κ3) is 1.69. The first-order valence-corrected chi connectivity index (χ1v) is 6.19. The van der Waals surface area contributed by atoms with Crippen LogP contribution in [0.5, 0.6) is 5.75 Å². The summed E-state index contributed by atoms with van der Waals surface area (Å²) in [5, 5.41) is 9.30. The van der Waals surface area contributed by atoms with Crippen molar-refractivity contribution in [2.45, 2.75) is 27.2 Å². The van der Waals surface area contributed by atoms with Crippen LogP contribution in [0.3, 0.4) is 0 Å². The Morgan fingerprint density at radius 1 is 1.33 bits per heavy atom. The largest absolute Gasteiger partial charge is 0.496 e. The Hall–Kier alpha value is -1.51. The maximum atomic E-state index is 11.3. The van der Waals surface area contributed by atoms with Gasteiger partial charge in [-0.1, -0.05) is 39.0 Å². The lowest BCUT2D eigenvalue weighted by atomic mass is 9.90. The number of carboxylic acid groups (broad SMARTS) is 1. The van der Waals surface area contributed by atoms with E-state index < -0.39 is 5.97 Å². The molecule has 1 aliphatic carbocycles. The van der Waals surface area contributed by atoms with Crippen molar-refractivity contribution >= 4 is 5.97 Å². The van der Waals surface area contributed by atoms with Crippen LogP contribution >= 0.6 is 0 Å². The van der Waals surface area contributed by atoms with Crippen LogP contribution in [0.2, 0.25) is 0 Å². The third-order valence-electron chi connectivity index (χ3n) is 4.74. The number of methoxy groups -OCH3 is 1. The van der Waals surface area contributed by atoms with Gasteiger partial charge in [0.1, 0.15) is 5.75 Å². The van der Waals surface area contributed by atoms with Crippen molar-refractivity contribution in [3.05, 3.63) is 29.8 Å². The highest BCUT2D eigenvalue weighted by Crippen LogP contribution is 2.70. The van der Waals surface area contributed by atoms with E-state index in [0.29, 0.717) is 0 Å². The minimum absolute atomic E-state index is 0.167. The Bertz CT molecular complexity index is 478. The highest BCUT2D eigenvalue weighted by atomic mass is 16.5. The molecule has 1 aromatic carbocycles. The first-order chi connectivity index (χ1) is 8.34. The van der Waals surface area contributed by atoms with Gasteiger partial charge in [-0.05, 0) is 28.9 Å². The molecular formula is C15H20O3. The van der Waals surface area contributed by atoms with E-state index in [-0.39, 0.29) is 16.7 Å². The van der Waals surface area contributed by atoms with Gasteiger partial charge in [-0.2, -0.15) is 0 Å². The second-order valence-electron chi connectivity index (χ2n) is 5.90. The molecule has 0 saturated heterocycles. The molecule has 0 amide bonds. The molecule has 1 N–H and O–H groups in total. The molecule has 0 spiro atoms. The van der Waals surface area contributed by atoms with Crippen molar-refractivity contribution in [3.63, 3.8) is 0 Å². The van der Waals surface area contributed by atoms with Crippen LogP contribution in [0.25, 0.3) is 0 Å². The van der Waals surface area contributed by atoms with E-state index in [4.69, 9.17) is 4.74 Å². The zero-order chi connectivity index (χ0) is 13.6. The molecule has 18 heavy (non-hydrogen) atoms. The molecule has 3 nitrogen and oxygen atoms in total. The van der Waals surface area contributed by atoms with Gasteiger partial charge in [-0.25, -0.2) is 0 Å². The molecule has 0 aromatic heterocycles. The van der Waals surface area contributed by atoms with Gasteiger partial charge in [0.25, 0.3) is 0 Å². The van der Waals surface area contributed by atoms with Crippen LogP contribution in [-0.2, 0) is 11.2 Å². The number of ether oxygens (including phenoxy) is 1. The lowest BCUT2D eigenvalue weighted by Gasteiger charge is -2.16. The highest BCUT2D eigenvalue weighted by molar-refractivity contribution is 5.77. The summed E-state index contributed by atoms with van der Waals surface area (Å²) in [6, 6.07) is 7.82. The molecule has 1 aromatic rings. The van der Waals surface area contributed by atoms with E-state index in [9.17, 15) is 9.90 Å². The minimum Gasteiger partial charge on any atom is -0.496 e. The zero-order valence-electron chi connectivity index (χ0n) is 11.4. The SMILES string of the molecule is COc1ccccc1CC1(C)C(C(=O)O)C1(C)C. The number of benzene rings is 1. The highest BCUT2D eigenvalue weighted by Gasteiger charge is 2.71. The van der Waals surface area contributed by atoms with Gasteiger partial charge in [0.15, 0.2) is 0 Å². The van der Waals surface area contributed by atoms with E-state index >= 15 is 0 Å². The summed E-state index contributed by atoms with van der Waals surface area (Å²) in [6.07, 6.45) is 0.737. The van der Waals surface area contributed by atoms with Crippen molar-refractivity contribution in [2.24, 2.45) is 16.7 Å². The minimum atomic E-state index is -0.697. The van der Waals surface area contributed by atoms with Gasteiger partial charge in [-0.15, -0.1) is 0 Å². The predicted molar refractivity (Wildman–Crippen MR) is 69.7 cm³/mol. The quantitative estimate of drug-likeness (QED) is 0.891. The van der Waals surface area contributed by atoms with Gasteiger partial charge in [0.05, 0.1) is 13.0 Å². The molecule has 0 radical (unpaired) electrons. The molecule has 1 fully saturated rings. The van der Waals surface area contributed by atoms with Gasteiger partial charge in [0, 0.05) is 0 Å². The summed E-state index contributed by atoms with van der Waals surface area (Å²) in [7, 11) is 1.65. The monoisotopic (exact) mass is 248 g/mol. The summed E-state index contributed by atoms with van der Waals surface area (Å²) >= 11 is 0. The summed E-state index contributed by atoms with van der Waals surface area (Å²) in [6.45, 7) is 6.11. The molecule has 2 atom stereocenters. The molecule has 0 bridgehead atoms. The van der Waals surface area contributed by atoms with E-state index in [1.807, 2.05) is 38.1 Å². The Kier molecular flexibility index (Phi) is 2.88. The molecule has 1 aliphatic rings. The smallest absolute Gasteiger partial charge is 0.307 e. The van der Waals surface area contributed by atoms with E-state index in [0.717, 1.165) is 17.7 Å². The van der Waals surface area contributed by atoms with Crippen LogP contribution < -0.4 is 4.74 Å². The maximum Gasteiger partial charge on any atom is 0.307 e. The van der Waals surface area contributed by atoms with Gasteiger partial charge in [0.2, 0.25) is 0 Å². The lowest BCUT2D eigenvalue weighted by Crippen LogP contribution is -2.11. The summed E-state index contributed by atoms with van der Waals surface area (Å²) in [4.78, 5) is 11.3. The second-order valence-corrected chi connectivity index (χ2v) is 5.90. The van der Waals surface area contributed by atoms with E-state index in [2.05, 4.69) is 6.92 Å². The second kappa shape index (κ2) is 4.01. The first-order valence-electron chi connectivity index (χ1n) is 6.19. The van der Waals surface area contributed by atoms with Gasteiger partial charge >= 0.3 is 5.97 Å². The van der Waals surface area contributed by atoms with Crippen molar-refractivity contribution in [1.82, 2.24) is 0 Å². The predicted octanol–water partition coefficient (Wildman–Crippen LogP) is 2.98. The fourth-order valence-corrected chi connectivity index (χ4v) is 3.23. The third-order valence-corrected chi connectivity index (χ3v) is 4.74. The normalized spacial score (nSPS) is 28.8. The molecular weight excluding hydrogens is 228 g/mol. The molecule has 3 heteroatoms. The lowest BCUT2D eigenvalue weighted by molar-refractivity contribution is -0.139. The van der Waals surface area contributed by atoms with Crippen molar-refractivity contribution in [1.29, 1.82) is 0 Å². The zero-order valence-corrected chi connectivity index (χ0v) is 11.4. The number of carboxylic acids is 1. The Morgan fingerprint density at radius 3 is 2.44 bits per heavy atom. The van der Waals surface area contributed by atoms with E-state index in [1.165, 1.54) is 0 Å². The van der Waals surface area contributed by atoms with Crippen LogP contribution in [0.15, 0.2) is 24.3 Å². The standard InChI is InChI=1S/C15H20O3/c1-14(2)12(13(16)17)15(14,3)9-10-7-5-6-8-11(10)18-4/h5-8,12H,9H2,1-4H3,(H,16,17). The number of carbonyl (C=O) groups is 1. The number of aliphatic carboxylic acids is 1. The molecule has 2 rings (SSSR count). The van der Waals surface area contributed by atoms with Crippen LogP contribution in [0, 0.1) is 16.7 Å². The average Bonchev–Trinajstić information content (AvgIpc) is 2.72.